The van der Waals surface area contributed by atoms with E-state index in [1.54, 1.807) is 0 Å². The summed E-state index contributed by atoms with van der Waals surface area (Å²) in [6, 6.07) is 4.29. The lowest BCUT2D eigenvalue weighted by Gasteiger charge is -2.26. The first-order valence-electron chi connectivity index (χ1n) is 9.78. The molecule has 0 saturated carbocycles. The Balaban J connectivity index is 0.000000480. The Labute approximate surface area is 169 Å². The maximum absolute atomic E-state index is 10.9. The van der Waals surface area contributed by atoms with Crippen LogP contribution in [0.2, 0.25) is 0 Å². The number of aryl methyl sites for hydroxylation is 1. The zero-order valence-corrected chi connectivity index (χ0v) is 18.1. The van der Waals surface area contributed by atoms with Crippen molar-refractivity contribution in [2.45, 2.75) is 60.3 Å². The highest BCUT2D eigenvalue weighted by atomic mass is 16.4. The molecule has 2 unspecified atom stereocenters. The number of carbonyl (C=O) groups is 1. The summed E-state index contributed by atoms with van der Waals surface area (Å²) in [6.07, 6.45) is 3.38. The van der Waals surface area contributed by atoms with Crippen LogP contribution in [0.5, 0.6) is 0 Å². The largest absolute Gasteiger partial charge is 0.481 e. The normalized spacial score (nSPS) is 17.5. The van der Waals surface area contributed by atoms with E-state index in [9.17, 15) is 4.79 Å². The topological polar surface area (TPSA) is 139 Å². The number of hydrazone groups is 1. The smallest absolute Gasteiger partial charge is 0.307 e. The van der Waals surface area contributed by atoms with Crippen LogP contribution >= 0.6 is 0 Å². The highest BCUT2D eigenvalue weighted by molar-refractivity contribution is 5.86. The lowest BCUT2D eigenvalue weighted by atomic mass is 9.78. The maximum Gasteiger partial charge on any atom is 0.307 e. The van der Waals surface area contributed by atoms with Gasteiger partial charge in [0.25, 0.3) is 0 Å². The summed E-state index contributed by atoms with van der Waals surface area (Å²) in [5.41, 5.74) is 4.39. The van der Waals surface area contributed by atoms with Gasteiger partial charge >= 0.3 is 5.97 Å². The fourth-order valence-electron chi connectivity index (χ4n) is 2.73. The second kappa shape index (κ2) is 13.1. The molecule has 0 aliphatic carbocycles. The number of nitrogens with one attached hydrogen (secondary N) is 2. The number of nitrogens with two attached hydrogens (primary N) is 2. The number of amidine groups is 1. The second-order valence-electron chi connectivity index (χ2n) is 7.63. The van der Waals surface area contributed by atoms with Gasteiger partial charge in [-0.05, 0) is 36.9 Å². The van der Waals surface area contributed by atoms with Gasteiger partial charge < -0.3 is 21.7 Å². The number of carboxylic acids is 1. The number of hydrogen-bond donors (Lipinski definition) is 5. The molecule has 2 atom stereocenters. The molecule has 1 fully saturated rings. The number of aliphatic carboxylic acids is 1. The summed E-state index contributed by atoms with van der Waals surface area (Å²) in [5.74, 6) is 9.63. The third-order valence-corrected chi connectivity index (χ3v) is 4.48. The molecular formula is C20H38N6O2. The van der Waals surface area contributed by atoms with Gasteiger partial charge in [0.1, 0.15) is 5.84 Å². The van der Waals surface area contributed by atoms with Gasteiger partial charge in [0, 0.05) is 30.8 Å². The fourth-order valence-corrected chi connectivity index (χ4v) is 2.73. The number of aromatic nitrogens is 1. The van der Waals surface area contributed by atoms with Crippen LogP contribution in [0.3, 0.4) is 0 Å². The SMILES string of the molecule is CC.CC(C)(C)C(C/C(=N/N)NN)C(=O)O.Cc1ccc(C2CCNC2)nc1. The van der Waals surface area contributed by atoms with E-state index in [2.05, 4.69) is 39.9 Å². The van der Waals surface area contributed by atoms with Gasteiger partial charge in [-0.15, -0.1) is 0 Å². The Morgan fingerprint density at radius 1 is 1.43 bits per heavy atom. The predicted molar refractivity (Wildman–Crippen MR) is 115 cm³/mol. The standard InChI is InChI=1S/C10H14N2.C8H18N4O2.C2H6/c1-8-2-3-10(12-6-8)9-4-5-11-7-9;1-8(2,3)5(7(13)14)4-6(11-9)12-10;1-2/h2-3,6,9,11H,4-5,7H2,1H3;5H,4,9-10H2,1-3H3,(H,11,12)(H,13,14);1-2H3. The molecule has 0 bridgehead atoms. The Hall–Kier alpha value is -2.19. The Kier molecular flexibility index (Phi) is 12.0. The van der Waals surface area contributed by atoms with Crippen molar-refractivity contribution in [1.82, 2.24) is 15.7 Å². The number of pyridine rings is 1. The lowest BCUT2D eigenvalue weighted by Crippen LogP contribution is -2.38. The molecule has 1 aromatic heterocycles. The number of hydrazine groups is 1. The highest BCUT2D eigenvalue weighted by Crippen LogP contribution is 2.28. The van der Waals surface area contributed by atoms with E-state index < -0.39 is 11.9 Å². The third-order valence-electron chi connectivity index (χ3n) is 4.48. The van der Waals surface area contributed by atoms with Crippen LogP contribution in [-0.2, 0) is 4.79 Å². The van der Waals surface area contributed by atoms with Crippen LogP contribution in [0.1, 0.15) is 64.6 Å². The van der Waals surface area contributed by atoms with E-state index in [-0.39, 0.29) is 17.7 Å². The number of rotatable bonds is 4. The van der Waals surface area contributed by atoms with Crippen LogP contribution in [0.4, 0.5) is 0 Å². The van der Waals surface area contributed by atoms with Crippen molar-refractivity contribution in [2.24, 2.45) is 28.1 Å². The van der Waals surface area contributed by atoms with E-state index in [0.717, 1.165) is 13.1 Å². The molecule has 0 radical (unpaired) electrons. The van der Waals surface area contributed by atoms with Crippen LogP contribution in [-0.4, -0.2) is 35.0 Å². The zero-order valence-electron chi connectivity index (χ0n) is 18.1. The molecule has 0 amide bonds. The van der Waals surface area contributed by atoms with Crippen molar-refractivity contribution < 1.29 is 9.90 Å². The predicted octanol–water partition coefficient (Wildman–Crippen LogP) is 2.35. The molecule has 7 N–H and O–H groups in total. The first kappa shape index (κ1) is 25.8. The molecular weight excluding hydrogens is 356 g/mol. The number of hydrogen-bond acceptors (Lipinski definition) is 6. The average Bonchev–Trinajstić information content (AvgIpc) is 3.19. The van der Waals surface area contributed by atoms with E-state index >= 15 is 0 Å². The van der Waals surface area contributed by atoms with Crippen LogP contribution < -0.4 is 22.4 Å². The van der Waals surface area contributed by atoms with Crippen molar-refractivity contribution in [2.75, 3.05) is 13.1 Å². The van der Waals surface area contributed by atoms with Gasteiger partial charge in [-0.25, -0.2) is 5.84 Å². The van der Waals surface area contributed by atoms with Gasteiger partial charge in [0.05, 0.1) is 5.92 Å². The molecule has 2 heterocycles. The molecule has 1 aromatic rings. The summed E-state index contributed by atoms with van der Waals surface area (Å²) in [4.78, 5) is 15.4. The molecule has 1 aliphatic heterocycles. The molecule has 8 heteroatoms. The monoisotopic (exact) mass is 394 g/mol. The second-order valence-corrected chi connectivity index (χ2v) is 7.63. The van der Waals surface area contributed by atoms with Gasteiger partial charge in [-0.1, -0.05) is 40.7 Å². The Morgan fingerprint density at radius 3 is 2.43 bits per heavy atom. The summed E-state index contributed by atoms with van der Waals surface area (Å²) >= 11 is 0. The maximum atomic E-state index is 10.9. The van der Waals surface area contributed by atoms with Gasteiger partial charge in [0.15, 0.2) is 0 Å². The summed E-state index contributed by atoms with van der Waals surface area (Å²) in [7, 11) is 0. The van der Waals surface area contributed by atoms with Crippen molar-refractivity contribution in [3.05, 3.63) is 29.6 Å². The van der Waals surface area contributed by atoms with Gasteiger partial charge in [0.2, 0.25) is 0 Å². The van der Waals surface area contributed by atoms with Crippen molar-refractivity contribution in [3.8, 4) is 0 Å². The van der Waals surface area contributed by atoms with Crippen LogP contribution in [0, 0.1) is 18.3 Å². The summed E-state index contributed by atoms with van der Waals surface area (Å²) in [6.45, 7) is 13.8. The minimum absolute atomic E-state index is 0.200. The molecule has 0 spiro atoms. The van der Waals surface area contributed by atoms with E-state index in [1.165, 1.54) is 17.7 Å². The minimum atomic E-state index is -0.881. The van der Waals surface area contributed by atoms with E-state index in [0.29, 0.717) is 5.92 Å². The molecule has 160 valence electrons. The zero-order chi connectivity index (χ0) is 21.7. The van der Waals surface area contributed by atoms with Crippen molar-refractivity contribution in [1.29, 1.82) is 0 Å². The minimum Gasteiger partial charge on any atom is -0.481 e. The van der Waals surface area contributed by atoms with Gasteiger partial charge in [-0.3, -0.25) is 9.78 Å². The molecule has 0 aromatic carbocycles. The summed E-state index contributed by atoms with van der Waals surface area (Å²) in [5, 5.41) is 15.7. The Bertz CT molecular complexity index is 590. The van der Waals surface area contributed by atoms with Crippen LogP contribution in [0.15, 0.2) is 23.4 Å². The molecule has 2 rings (SSSR count). The first-order valence-corrected chi connectivity index (χ1v) is 9.78. The summed E-state index contributed by atoms with van der Waals surface area (Å²) < 4.78 is 0. The quantitative estimate of drug-likeness (QED) is 0.229. The molecule has 28 heavy (non-hydrogen) atoms. The van der Waals surface area contributed by atoms with Crippen LogP contribution in [0.25, 0.3) is 0 Å². The van der Waals surface area contributed by atoms with Gasteiger partial charge in [-0.2, -0.15) is 5.10 Å². The fraction of sp³-hybridized carbons (Fsp3) is 0.650. The van der Waals surface area contributed by atoms with Crippen molar-refractivity contribution in [3.63, 3.8) is 0 Å². The average molecular weight is 395 g/mol. The lowest BCUT2D eigenvalue weighted by molar-refractivity contribution is -0.145. The molecule has 1 aliphatic rings. The Morgan fingerprint density at radius 2 is 2.07 bits per heavy atom. The molecule has 1 saturated heterocycles. The van der Waals surface area contributed by atoms with E-state index in [4.69, 9.17) is 16.8 Å². The van der Waals surface area contributed by atoms with Crippen molar-refractivity contribution >= 4 is 11.8 Å². The number of nitrogens with zero attached hydrogens (tertiary/aromatic N) is 2. The number of carboxylic acid groups (broad SMARTS) is 1. The highest BCUT2D eigenvalue weighted by Gasteiger charge is 2.32. The first-order chi connectivity index (χ1) is 13.2. The molecule has 8 nitrogen and oxygen atoms in total. The third kappa shape index (κ3) is 9.14. The van der Waals surface area contributed by atoms with E-state index in [1.807, 2.05) is 40.8 Å².